The fourth-order valence-corrected chi connectivity index (χ4v) is 3.14. The highest BCUT2D eigenvalue weighted by Crippen LogP contribution is 2.17. The molecule has 0 unspecified atom stereocenters. The molecule has 0 aliphatic heterocycles. The van der Waals surface area contributed by atoms with Gasteiger partial charge in [-0.25, -0.2) is 4.98 Å². The van der Waals surface area contributed by atoms with Gasteiger partial charge in [-0.15, -0.1) is 0 Å². The average molecular weight is 329 g/mol. The van der Waals surface area contributed by atoms with Crippen molar-refractivity contribution in [2.45, 2.75) is 51.2 Å². The Bertz CT molecular complexity index is 749. The lowest BCUT2D eigenvalue weighted by molar-refractivity contribution is -0.127. The maximum atomic E-state index is 12.0. The van der Waals surface area contributed by atoms with E-state index in [1.165, 1.54) is 25.7 Å². The van der Waals surface area contributed by atoms with Gasteiger partial charge in [0.25, 0.3) is 5.56 Å². The SMILES string of the molecule is O=C(COCc1nc2ccccc2c(=O)[nH]1)NC1CCCCCC1. The molecule has 1 aliphatic carbocycles. The van der Waals surface area contributed by atoms with Gasteiger partial charge in [-0.1, -0.05) is 37.8 Å². The Balaban J connectivity index is 1.50. The highest BCUT2D eigenvalue weighted by atomic mass is 16.5. The summed E-state index contributed by atoms with van der Waals surface area (Å²) in [6.07, 6.45) is 6.95. The molecule has 1 saturated carbocycles. The number of hydrogen-bond acceptors (Lipinski definition) is 4. The smallest absolute Gasteiger partial charge is 0.258 e. The number of para-hydroxylation sites is 1. The first kappa shape index (κ1) is 16.6. The van der Waals surface area contributed by atoms with Gasteiger partial charge in [0.15, 0.2) is 0 Å². The third-order valence-corrected chi connectivity index (χ3v) is 4.35. The Labute approximate surface area is 140 Å². The normalized spacial score (nSPS) is 16.0. The van der Waals surface area contributed by atoms with Crippen LogP contribution in [0.25, 0.3) is 10.9 Å². The highest BCUT2D eigenvalue weighted by molar-refractivity contribution is 5.78. The summed E-state index contributed by atoms with van der Waals surface area (Å²) in [5.74, 6) is 0.325. The summed E-state index contributed by atoms with van der Waals surface area (Å²) in [4.78, 5) is 31.0. The number of H-pyrrole nitrogens is 1. The number of hydrogen-bond donors (Lipinski definition) is 2. The lowest BCUT2D eigenvalue weighted by Crippen LogP contribution is -2.36. The van der Waals surface area contributed by atoms with E-state index in [0.717, 1.165) is 12.8 Å². The number of benzene rings is 1. The van der Waals surface area contributed by atoms with Crippen molar-refractivity contribution in [1.82, 2.24) is 15.3 Å². The first-order chi connectivity index (χ1) is 11.7. The number of nitrogens with one attached hydrogen (secondary N) is 2. The van der Waals surface area contributed by atoms with E-state index < -0.39 is 0 Å². The Morgan fingerprint density at radius 1 is 1.21 bits per heavy atom. The third kappa shape index (κ3) is 4.41. The predicted octanol–water partition coefficient (Wildman–Crippen LogP) is 2.28. The van der Waals surface area contributed by atoms with E-state index in [1.807, 2.05) is 6.07 Å². The molecule has 1 aliphatic rings. The van der Waals surface area contributed by atoms with Crippen molar-refractivity contribution < 1.29 is 9.53 Å². The fraction of sp³-hybridized carbons (Fsp3) is 0.500. The molecule has 1 fully saturated rings. The van der Waals surface area contributed by atoms with Crippen LogP contribution in [-0.4, -0.2) is 28.5 Å². The Kier molecular flexibility index (Phi) is 5.59. The van der Waals surface area contributed by atoms with Gasteiger partial charge >= 0.3 is 0 Å². The predicted molar refractivity (Wildman–Crippen MR) is 91.7 cm³/mol. The van der Waals surface area contributed by atoms with Crippen molar-refractivity contribution >= 4 is 16.8 Å². The molecule has 0 radical (unpaired) electrons. The van der Waals surface area contributed by atoms with Crippen LogP contribution < -0.4 is 10.9 Å². The molecule has 3 rings (SSSR count). The van der Waals surface area contributed by atoms with Crippen molar-refractivity contribution in [1.29, 1.82) is 0 Å². The largest absolute Gasteiger partial charge is 0.364 e. The second-order valence-electron chi connectivity index (χ2n) is 6.28. The Hall–Kier alpha value is -2.21. The van der Waals surface area contributed by atoms with Gasteiger partial charge in [0.05, 0.1) is 10.9 Å². The van der Waals surface area contributed by atoms with Crippen LogP contribution in [0.4, 0.5) is 0 Å². The molecule has 1 amide bonds. The summed E-state index contributed by atoms with van der Waals surface area (Å²) >= 11 is 0. The van der Waals surface area contributed by atoms with Crippen molar-refractivity contribution in [3.05, 3.63) is 40.4 Å². The minimum absolute atomic E-state index is 0.0208. The zero-order valence-electron chi connectivity index (χ0n) is 13.7. The first-order valence-corrected chi connectivity index (χ1v) is 8.57. The van der Waals surface area contributed by atoms with Gasteiger partial charge in [0.2, 0.25) is 5.91 Å². The Morgan fingerprint density at radius 3 is 2.75 bits per heavy atom. The number of carbonyl (C=O) groups is 1. The summed E-state index contributed by atoms with van der Waals surface area (Å²) in [7, 11) is 0. The topological polar surface area (TPSA) is 84.1 Å². The van der Waals surface area contributed by atoms with Crippen LogP contribution in [0.1, 0.15) is 44.3 Å². The summed E-state index contributed by atoms with van der Waals surface area (Å²) in [6, 6.07) is 7.41. The van der Waals surface area contributed by atoms with Crippen molar-refractivity contribution in [2.75, 3.05) is 6.61 Å². The molecule has 1 heterocycles. The molecule has 0 saturated heterocycles. The van der Waals surface area contributed by atoms with Gasteiger partial charge in [-0.3, -0.25) is 9.59 Å². The minimum Gasteiger partial charge on any atom is -0.364 e. The molecule has 24 heavy (non-hydrogen) atoms. The molecule has 1 aromatic heterocycles. The van der Waals surface area contributed by atoms with Crippen LogP contribution >= 0.6 is 0 Å². The van der Waals surface area contributed by atoms with E-state index in [1.54, 1.807) is 18.2 Å². The van der Waals surface area contributed by atoms with Crippen LogP contribution in [-0.2, 0) is 16.1 Å². The molecular formula is C18H23N3O3. The minimum atomic E-state index is -0.192. The van der Waals surface area contributed by atoms with Gasteiger partial charge in [-0.05, 0) is 25.0 Å². The number of fused-ring (bicyclic) bond motifs is 1. The second-order valence-corrected chi connectivity index (χ2v) is 6.28. The second kappa shape index (κ2) is 8.06. The molecule has 6 heteroatoms. The molecule has 0 spiro atoms. The molecule has 0 atom stereocenters. The van der Waals surface area contributed by atoms with Crippen LogP contribution in [0, 0.1) is 0 Å². The number of amides is 1. The fourth-order valence-electron chi connectivity index (χ4n) is 3.14. The molecule has 2 N–H and O–H groups in total. The standard InChI is InChI=1S/C18H23N3O3/c22-17(19-13-7-3-1-2-4-8-13)12-24-11-16-20-15-10-6-5-9-14(15)18(23)21-16/h5-6,9-10,13H,1-4,7-8,11-12H2,(H,19,22)(H,20,21,23). The van der Waals surface area contributed by atoms with Crippen LogP contribution in [0.15, 0.2) is 29.1 Å². The average Bonchev–Trinajstić information content (AvgIpc) is 2.83. The van der Waals surface area contributed by atoms with E-state index in [9.17, 15) is 9.59 Å². The van der Waals surface area contributed by atoms with E-state index in [2.05, 4.69) is 15.3 Å². The van der Waals surface area contributed by atoms with Crippen molar-refractivity contribution in [3.63, 3.8) is 0 Å². The van der Waals surface area contributed by atoms with Gasteiger partial charge in [-0.2, -0.15) is 0 Å². The zero-order chi connectivity index (χ0) is 16.8. The Morgan fingerprint density at radius 2 is 1.96 bits per heavy atom. The molecule has 6 nitrogen and oxygen atoms in total. The quantitative estimate of drug-likeness (QED) is 0.824. The number of ether oxygens (including phenoxy) is 1. The zero-order valence-corrected chi connectivity index (χ0v) is 13.7. The molecule has 2 aromatic rings. The van der Waals surface area contributed by atoms with E-state index in [4.69, 9.17) is 4.74 Å². The van der Waals surface area contributed by atoms with Gasteiger partial charge < -0.3 is 15.0 Å². The van der Waals surface area contributed by atoms with E-state index in [-0.39, 0.29) is 30.7 Å². The molecule has 1 aromatic carbocycles. The van der Waals surface area contributed by atoms with E-state index >= 15 is 0 Å². The van der Waals surface area contributed by atoms with Gasteiger partial charge in [0, 0.05) is 6.04 Å². The number of rotatable bonds is 5. The van der Waals surface area contributed by atoms with E-state index in [0.29, 0.717) is 16.7 Å². The molecular weight excluding hydrogens is 306 g/mol. The summed E-state index contributed by atoms with van der Waals surface area (Å²) in [6.45, 7) is 0.0885. The highest BCUT2D eigenvalue weighted by Gasteiger charge is 2.14. The van der Waals surface area contributed by atoms with Gasteiger partial charge in [0.1, 0.15) is 19.0 Å². The summed E-state index contributed by atoms with van der Waals surface area (Å²) in [5, 5.41) is 3.58. The lowest BCUT2D eigenvalue weighted by Gasteiger charge is -2.16. The third-order valence-electron chi connectivity index (χ3n) is 4.35. The number of aromatic amines is 1. The number of carbonyl (C=O) groups excluding carboxylic acids is 1. The van der Waals surface area contributed by atoms with Crippen LogP contribution in [0.5, 0.6) is 0 Å². The summed E-state index contributed by atoms with van der Waals surface area (Å²) in [5.41, 5.74) is 0.435. The maximum Gasteiger partial charge on any atom is 0.258 e. The van der Waals surface area contributed by atoms with Crippen molar-refractivity contribution in [2.24, 2.45) is 0 Å². The monoisotopic (exact) mass is 329 g/mol. The van der Waals surface area contributed by atoms with Crippen LogP contribution in [0.2, 0.25) is 0 Å². The molecule has 128 valence electrons. The molecule has 0 bridgehead atoms. The lowest BCUT2D eigenvalue weighted by atomic mass is 10.1. The summed E-state index contributed by atoms with van der Waals surface area (Å²) < 4.78 is 5.41. The first-order valence-electron chi connectivity index (χ1n) is 8.57. The number of nitrogens with zero attached hydrogens (tertiary/aromatic N) is 1. The number of aromatic nitrogens is 2. The van der Waals surface area contributed by atoms with Crippen LogP contribution in [0.3, 0.4) is 0 Å². The van der Waals surface area contributed by atoms with Crippen molar-refractivity contribution in [3.8, 4) is 0 Å². The maximum absolute atomic E-state index is 12.0.